The molecule has 0 saturated heterocycles. The molecule has 0 aliphatic carbocycles. The smallest absolute Gasteiger partial charge is 0.237 e. The van der Waals surface area contributed by atoms with E-state index in [1.165, 1.54) is 11.8 Å². The van der Waals surface area contributed by atoms with Crippen LogP contribution in [0.1, 0.15) is 26.1 Å². The number of anilines is 1. The number of amides is 1. The van der Waals surface area contributed by atoms with Gasteiger partial charge in [0.1, 0.15) is 11.6 Å². The topological polar surface area (TPSA) is 93.9 Å². The van der Waals surface area contributed by atoms with Gasteiger partial charge in [0.15, 0.2) is 15.0 Å². The number of carbonyl (C=O) groups is 1. The zero-order valence-electron chi connectivity index (χ0n) is 17.2. The molecule has 0 saturated carbocycles. The Kier molecular flexibility index (Phi) is 7.74. The number of nitrogens with zero attached hydrogens (tertiary/aromatic N) is 3. The first-order valence-electron chi connectivity index (χ1n) is 9.77. The van der Waals surface area contributed by atoms with E-state index >= 15 is 0 Å². The van der Waals surface area contributed by atoms with E-state index in [1.807, 2.05) is 13.8 Å². The maximum atomic E-state index is 12.7. The van der Waals surface area contributed by atoms with Gasteiger partial charge in [0.25, 0.3) is 0 Å². The number of aromatic nitrogens is 3. The molecule has 164 valence electrons. The summed E-state index contributed by atoms with van der Waals surface area (Å²) in [6.45, 7) is 4.29. The molecule has 31 heavy (non-hydrogen) atoms. The maximum absolute atomic E-state index is 12.7. The monoisotopic (exact) mass is 478 g/mol. The summed E-state index contributed by atoms with van der Waals surface area (Å²) in [5.41, 5.74) is 0.653. The van der Waals surface area contributed by atoms with Crippen LogP contribution in [0.2, 0.25) is 5.02 Å². The molecule has 0 bridgehead atoms. The second-order valence-corrected chi connectivity index (χ2v) is 10.3. The van der Waals surface area contributed by atoms with Gasteiger partial charge < -0.3 is 9.88 Å². The molecular formula is C21H23ClN4O3S2. The van der Waals surface area contributed by atoms with E-state index in [9.17, 15) is 13.2 Å². The van der Waals surface area contributed by atoms with Crippen molar-refractivity contribution in [2.45, 2.75) is 47.9 Å². The summed E-state index contributed by atoms with van der Waals surface area (Å²) in [4.78, 5) is 13.0. The van der Waals surface area contributed by atoms with E-state index in [2.05, 4.69) is 15.5 Å². The summed E-state index contributed by atoms with van der Waals surface area (Å²) < 4.78 is 27.2. The van der Waals surface area contributed by atoms with Crippen LogP contribution in [0, 0.1) is 0 Å². The van der Waals surface area contributed by atoms with Crippen LogP contribution >= 0.6 is 23.4 Å². The number of halogens is 1. The minimum atomic E-state index is -3.55. The Bertz CT molecular complexity index is 1130. The molecule has 0 aliphatic heterocycles. The SMILES string of the molecule is CCC(Sc1nnc(CS(=O)(=O)c2ccccc2)n1CC)C(=O)Nc1ccc(Cl)cc1. The molecule has 1 unspecified atom stereocenters. The predicted octanol–water partition coefficient (Wildman–Crippen LogP) is 4.43. The van der Waals surface area contributed by atoms with Gasteiger partial charge in [-0.05, 0) is 49.7 Å². The summed E-state index contributed by atoms with van der Waals surface area (Å²) in [7, 11) is -3.55. The van der Waals surface area contributed by atoms with E-state index in [0.29, 0.717) is 34.7 Å². The van der Waals surface area contributed by atoms with Crippen LogP contribution in [0.3, 0.4) is 0 Å². The van der Waals surface area contributed by atoms with E-state index in [-0.39, 0.29) is 16.6 Å². The van der Waals surface area contributed by atoms with Crippen LogP contribution in [0.25, 0.3) is 0 Å². The third kappa shape index (κ3) is 5.87. The normalized spacial score (nSPS) is 12.5. The average Bonchev–Trinajstić information content (AvgIpc) is 3.14. The lowest BCUT2D eigenvalue weighted by molar-refractivity contribution is -0.115. The van der Waals surface area contributed by atoms with Gasteiger partial charge in [0, 0.05) is 17.3 Å². The van der Waals surface area contributed by atoms with Crippen molar-refractivity contribution in [3.8, 4) is 0 Å². The Morgan fingerprint density at radius 1 is 1.10 bits per heavy atom. The molecule has 1 atom stereocenters. The highest BCUT2D eigenvalue weighted by molar-refractivity contribution is 8.00. The molecule has 2 aromatic carbocycles. The minimum absolute atomic E-state index is 0.168. The molecule has 3 rings (SSSR count). The van der Waals surface area contributed by atoms with Crippen molar-refractivity contribution in [1.82, 2.24) is 14.8 Å². The number of rotatable bonds is 9. The molecule has 10 heteroatoms. The maximum Gasteiger partial charge on any atom is 0.237 e. The zero-order chi connectivity index (χ0) is 22.4. The van der Waals surface area contributed by atoms with Crippen molar-refractivity contribution >= 4 is 44.8 Å². The summed E-state index contributed by atoms with van der Waals surface area (Å²) >= 11 is 7.16. The summed E-state index contributed by atoms with van der Waals surface area (Å²) in [6.07, 6.45) is 0.568. The lowest BCUT2D eigenvalue weighted by atomic mass is 10.3. The summed E-state index contributed by atoms with van der Waals surface area (Å²) in [6, 6.07) is 15.1. The van der Waals surface area contributed by atoms with Gasteiger partial charge in [-0.2, -0.15) is 0 Å². The number of carbonyl (C=O) groups excluding carboxylic acids is 1. The first kappa shape index (κ1) is 23.3. The first-order chi connectivity index (χ1) is 14.8. The van der Waals surface area contributed by atoms with Crippen molar-refractivity contribution in [2.24, 2.45) is 0 Å². The van der Waals surface area contributed by atoms with Gasteiger partial charge in [-0.25, -0.2) is 8.42 Å². The van der Waals surface area contributed by atoms with Crippen molar-refractivity contribution in [3.05, 3.63) is 65.4 Å². The van der Waals surface area contributed by atoms with Gasteiger partial charge in [0.05, 0.1) is 10.1 Å². The van der Waals surface area contributed by atoms with Gasteiger partial charge in [-0.1, -0.05) is 48.5 Å². The summed E-state index contributed by atoms with van der Waals surface area (Å²) in [5.74, 6) is -0.0765. The third-order valence-electron chi connectivity index (χ3n) is 4.55. The van der Waals surface area contributed by atoms with Crippen molar-refractivity contribution in [3.63, 3.8) is 0 Å². The van der Waals surface area contributed by atoms with E-state index < -0.39 is 15.1 Å². The first-order valence-corrected chi connectivity index (χ1v) is 12.7. The number of thioether (sulfide) groups is 1. The van der Waals surface area contributed by atoms with Crippen LogP contribution in [-0.4, -0.2) is 34.3 Å². The number of hydrogen-bond donors (Lipinski definition) is 1. The number of nitrogens with one attached hydrogen (secondary N) is 1. The minimum Gasteiger partial charge on any atom is -0.325 e. The predicted molar refractivity (Wildman–Crippen MR) is 123 cm³/mol. The van der Waals surface area contributed by atoms with Crippen molar-refractivity contribution in [2.75, 3.05) is 5.32 Å². The standard InChI is InChI=1S/C21H23ClN4O3S2/c1-3-18(20(27)23-16-12-10-15(22)11-13-16)30-21-25-24-19(26(21)4-2)14-31(28,29)17-8-6-5-7-9-17/h5-13,18H,3-4,14H2,1-2H3,(H,23,27). The van der Waals surface area contributed by atoms with Gasteiger partial charge >= 0.3 is 0 Å². The highest BCUT2D eigenvalue weighted by Crippen LogP contribution is 2.27. The number of benzene rings is 2. The molecule has 0 spiro atoms. The molecule has 1 aromatic heterocycles. The van der Waals surface area contributed by atoms with Crippen molar-refractivity contribution in [1.29, 1.82) is 0 Å². The van der Waals surface area contributed by atoms with E-state index in [4.69, 9.17) is 11.6 Å². The molecule has 1 heterocycles. The Morgan fingerprint density at radius 3 is 2.39 bits per heavy atom. The zero-order valence-corrected chi connectivity index (χ0v) is 19.5. The Labute approximate surface area is 191 Å². The van der Waals surface area contributed by atoms with Crippen LogP contribution in [0.4, 0.5) is 5.69 Å². The van der Waals surface area contributed by atoms with Crippen LogP contribution in [-0.2, 0) is 26.9 Å². The molecule has 3 aromatic rings. The lowest BCUT2D eigenvalue weighted by Crippen LogP contribution is -2.25. The molecule has 1 amide bonds. The largest absolute Gasteiger partial charge is 0.325 e. The van der Waals surface area contributed by atoms with E-state index in [0.717, 1.165) is 0 Å². The molecule has 7 nitrogen and oxygen atoms in total. The second-order valence-electron chi connectivity index (χ2n) is 6.73. The third-order valence-corrected chi connectivity index (χ3v) is 7.78. The Balaban J connectivity index is 1.76. The van der Waals surface area contributed by atoms with E-state index in [1.54, 1.807) is 59.2 Å². The molecule has 0 fully saturated rings. The lowest BCUT2D eigenvalue weighted by Gasteiger charge is -2.15. The second kappa shape index (κ2) is 10.3. The fraction of sp³-hybridized carbons (Fsp3) is 0.286. The fourth-order valence-electron chi connectivity index (χ4n) is 2.92. The average molecular weight is 479 g/mol. The van der Waals surface area contributed by atoms with Crippen LogP contribution < -0.4 is 5.32 Å². The van der Waals surface area contributed by atoms with Crippen LogP contribution in [0.5, 0.6) is 0 Å². The Hall–Kier alpha value is -2.36. The molecule has 1 N–H and O–H groups in total. The van der Waals surface area contributed by atoms with Crippen molar-refractivity contribution < 1.29 is 13.2 Å². The quantitative estimate of drug-likeness (QED) is 0.457. The van der Waals surface area contributed by atoms with Gasteiger partial charge in [-0.3, -0.25) is 4.79 Å². The highest BCUT2D eigenvalue weighted by Gasteiger charge is 2.25. The fourth-order valence-corrected chi connectivity index (χ4v) is 5.37. The molecule has 0 aliphatic rings. The van der Waals surface area contributed by atoms with Gasteiger partial charge in [0.2, 0.25) is 5.91 Å². The number of hydrogen-bond acceptors (Lipinski definition) is 6. The Morgan fingerprint density at radius 2 is 1.77 bits per heavy atom. The molecular weight excluding hydrogens is 456 g/mol. The highest BCUT2D eigenvalue weighted by atomic mass is 35.5. The molecule has 0 radical (unpaired) electrons. The van der Waals surface area contributed by atoms with Crippen LogP contribution in [0.15, 0.2) is 64.6 Å². The summed E-state index contributed by atoms with van der Waals surface area (Å²) in [5, 5.41) is 11.8. The number of sulfone groups is 1. The van der Waals surface area contributed by atoms with Gasteiger partial charge in [-0.15, -0.1) is 10.2 Å².